The normalized spacial score (nSPS) is 21.3. The number of hydrogen-bond acceptors (Lipinski definition) is 6. The molecule has 8 heteroatoms. The van der Waals surface area contributed by atoms with Gasteiger partial charge in [0.2, 0.25) is 0 Å². The fourth-order valence-electron chi connectivity index (χ4n) is 4.00. The molecular formula is C22H25FN5PS. The van der Waals surface area contributed by atoms with Gasteiger partial charge >= 0.3 is 0 Å². The summed E-state index contributed by atoms with van der Waals surface area (Å²) in [4.78, 5) is 15.3. The Morgan fingerprint density at radius 3 is 2.87 bits per heavy atom. The van der Waals surface area contributed by atoms with Gasteiger partial charge in [0, 0.05) is 28.8 Å². The summed E-state index contributed by atoms with van der Waals surface area (Å²) in [6.07, 6.45) is 5.00. The van der Waals surface area contributed by atoms with Crippen molar-refractivity contribution in [2.45, 2.75) is 36.7 Å². The molecule has 5 nitrogen and oxygen atoms in total. The molecule has 5 rings (SSSR count). The number of aryl methyl sites for hydroxylation is 1. The van der Waals surface area contributed by atoms with Crippen LogP contribution in [-0.4, -0.2) is 40.4 Å². The lowest BCUT2D eigenvalue weighted by Gasteiger charge is -2.34. The number of nitrogens with zero attached hydrogens (tertiary/aromatic N) is 3. The van der Waals surface area contributed by atoms with Gasteiger partial charge in [-0.1, -0.05) is 44.8 Å². The van der Waals surface area contributed by atoms with Gasteiger partial charge in [-0.3, -0.25) is 4.98 Å². The monoisotopic (exact) mass is 441 g/mol. The molecule has 1 fully saturated rings. The molecule has 156 valence electrons. The van der Waals surface area contributed by atoms with Gasteiger partial charge in [-0.15, -0.1) is 0 Å². The van der Waals surface area contributed by atoms with Crippen molar-refractivity contribution < 1.29 is 4.39 Å². The molecule has 0 aliphatic carbocycles. The van der Waals surface area contributed by atoms with Crippen LogP contribution < -0.4 is 16.1 Å². The fourth-order valence-corrected chi connectivity index (χ4v) is 7.23. The number of halogens is 1. The number of rotatable bonds is 5. The van der Waals surface area contributed by atoms with Crippen LogP contribution in [0.3, 0.4) is 0 Å². The maximum absolute atomic E-state index is 14.4. The van der Waals surface area contributed by atoms with Crippen LogP contribution in [0.2, 0.25) is 0 Å². The molecule has 2 aliphatic rings. The first-order valence-corrected chi connectivity index (χ1v) is 12.9. The van der Waals surface area contributed by atoms with Gasteiger partial charge in [0.1, 0.15) is 11.6 Å². The topological polar surface area (TPSA) is 62.7 Å². The average Bonchev–Trinajstić information content (AvgIpc) is 2.77. The molecular weight excluding hydrogens is 416 g/mol. The Kier molecular flexibility index (Phi) is 5.38. The molecule has 1 unspecified atom stereocenters. The maximum atomic E-state index is 14.4. The number of thioether (sulfide) groups is 1. The molecule has 0 amide bonds. The van der Waals surface area contributed by atoms with Crippen molar-refractivity contribution in [3.8, 4) is 0 Å². The molecule has 2 aromatic heterocycles. The third-order valence-corrected chi connectivity index (χ3v) is 9.40. The van der Waals surface area contributed by atoms with E-state index in [2.05, 4.69) is 34.7 Å². The molecule has 0 spiro atoms. The van der Waals surface area contributed by atoms with Crippen LogP contribution in [0.1, 0.15) is 30.8 Å². The van der Waals surface area contributed by atoms with Crippen molar-refractivity contribution in [1.82, 2.24) is 20.3 Å². The van der Waals surface area contributed by atoms with Gasteiger partial charge in [0.05, 0.1) is 17.1 Å². The van der Waals surface area contributed by atoms with E-state index in [0.717, 1.165) is 58.1 Å². The van der Waals surface area contributed by atoms with Crippen LogP contribution in [0.4, 0.5) is 10.2 Å². The van der Waals surface area contributed by atoms with E-state index in [4.69, 9.17) is 9.97 Å². The van der Waals surface area contributed by atoms with Crippen LogP contribution in [0.5, 0.6) is 0 Å². The quantitative estimate of drug-likeness (QED) is 0.580. The smallest absolute Gasteiger partial charge is 0.184 e. The first-order chi connectivity index (χ1) is 14.5. The van der Waals surface area contributed by atoms with Crippen molar-refractivity contribution >= 4 is 41.8 Å². The zero-order valence-electron chi connectivity index (χ0n) is 17.2. The maximum Gasteiger partial charge on any atom is 0.184 e. The number of benzene rings is 1. The molecule has 0 saturated carbocycles. The lowest BCUT2D eigenvalue weighted by molar-refractivity contribution is 0.305. The highest BCUT2D eigenvalue weighted by Crippen LogP contribution is 2.56. The zero-order chi connectivity index (χ0) is 20.7. The van der Waals surface area contributed by atoms with E-state index in [1.807, 2.05) is 18.3 Å². The lowest BCUT2D eigenvalue weighted by Crippen LogP contribution is -2.30. The minimum atomic E-state index is -1.28. The van der Waals surface area contributed by atoms with Crippen molar-refractivity contribution in [2.75, 3.05) is 30.7 Å². The number of pyridine rings is 1. The second kappa shape index (κ2) is 8.03. The molecule has 0 radical (unpaired) electrons. The second-order valence-electron chi connectivity index (χ2n) is 7.80. The van der Waals surface area contributed by atoms with Crippen LogP contribution in [0.25, 0.3) is 10.9 Å². The number of hydrogen-bond donors (Lipinski definition) is 2. The van der Waals surface area contributed by atoms with E-state index in [1.165, 1.54) is 29.5 Å². The van der Waals surface area contributed by atoms with Gasteiger partial charge in [0.25, 0.3) is 0 Å². The molecule has 1 atom stereocenters. The highest BCUT2D eigenvalue weighted by atomic mass is 32.2. The van der Waals surface area contributed by atoms with Crippen LogP contribution in [0.15, 0.2) is 35.4 Å². The molecule has 2 aliphatic heterocycles. The zero-order valence-corrected chi connectivity index (χ0v) is 18.9. The first-order valence-electron chi connectivity index (χ1n) is 10.4. The van der Waals surface area contributed by atoms with Gasteiger partial charge in [-0.05, 0) is 44.0 Å². The number of nitrogens with one attached hydrogen (secondary N) is 2. The molecule has 1 aromatic carbocycles. The van der Waals surface area contributed by atoms with E-state index >= 15 is 0 Å². The average molecular weight is 442 g/mol. The van der Waals surface area contributed by atoms with E-state index in [9.17, 15) is 4.39 Å². The molecule has 0 bridgehead atoms. The summed E-state index contributed by atoms with van der Waals surface area (Å²) in [6.45, 7) is 6.42. The summed E-state index contributed by atoms with van der Waals surface area (Å²) in [7, 11) is -0.230. The summed E-state index contributed by atoms with van der Waals surface area (Å²) in [6, 6.07) is 8.06. The van der Waals surface area contributed by atoms with Gasteiger partial charge < -0.3 is 10.6 Å². The second-order valence-corrected chi connectivity index (χ2v) is 11.6. The van der Waals surface area contributed by atoms with Crippen molar-refractivity contribution in [3.63, 3.8) is 0 Å². The summed E-state index contributed by atoms with van der Waals surface area (Å²) in [5, 5.41) is 6.69. The van der Waals surface area contributed by atoms with Gasteiger partial charge in [-0.25, -0.2) is 14.4 Å². The predicted octanol–water partition coefficient (Wildman–Crippen LogP) is 4.16. The Balaban J connectivity index is 1.47. The van der Waals surface area contributed by atoms with E-state index in [0.29, 0.717) is 6.54 Å². The SMILES string of the molecule is CCc1nc(NCc2cccc3c2SC3(C)F)c2cc(P3CCNCC3)ncc2n1. The van der Waals surface area contributed by atoms with Gasteiger partial charge in [0.15, 0.2) is 5.00 Å². The lowest BCUT2D eigenvalue weighted by atomic mass is 10.1. The third-order valence-electron chi connectivity index (χ3n) is 5.69. The molecule has 3 aromatic rings. The highest BCUT2D eigenvalue weighted by molar-refractivity contribution is 8.01. The molecule has 2 N–H and O–H groups in total. The van der Waals surface area contributed by atoms with Gasteiger partial charge in [-0.2, -0.15) is 0 Å². The summed E-state index contributed by atoms with van der Waals surface area (Å²) in [5.41, 5.74) is 3.95. The Bertz CT molecular complexity index is 1100. The molecule has 30 heavy (non-hydrogen) atoms. The Morgan fingerprint density at radius 1 is 1.27 bits per heavy atom. The summed E-state index contributed by atoms with van der Waals surface area (Å²) >= 11 is 1.30. The molecule has 4 heterocycles. The first kappa shape index (κ1) is 20.1. The van der Waals surface area contributed by atoms with Crippen molar-refractivity contribution in [1.29, 1.82) is 0 Å². The Hall–Kier alpha value is -1.82. The van der Waals surface area contributed by atoms with Crippen LogP contribution >= 0.6 is 19.7 Å². The van der Waals surface area contributed by atoms with Crippen LogP contribution in [-0.2, 0) is 18.0 Å². The predicted molar refractivity (Wildman–Crippen MR) is 124 cm³/mol. The van der Waals surface area contributed by atoms with Crippen molar-refractivity contribution in [3.05, 3.63) is 47.4 Å². The Labute approximate surface area is 181 Å². The number of alkyl halides is 1. The van der Waals surface area contributed by atoms with Crippen molar-refractivity contribution in [2.24, 2.45) is 0 Å². The minimum Gasteiger partial charge on any atom is -0.365 e. The number of anilines is 1. The number of fused-ring (bicyclic) bond motifs is 2. The number of aromatic nitrogens is 3. The summed E-state index contributed by atoms with van der Waals surface area (Å²) in [5.74, 6) is 1.65. The highest BCUT2D eigenvalue weighted by Gasteiger charge is 2.41. The van der Waals surface area contributed by atoms with Crippen LogP contribution in [0, 0.1) is 0 Å². The standard InChI is InChI=1S/C22H25FN5PS/c1-3-18-27-17-13-25-19(29-9-7-24-8-10-29)11-15(17)21(28-18)26-12-14-5-4-6-16-20(14)30-22(16,2)23/h4-6,11,13,24H,3,7-10,12H2,1-2H3,(H,26,27,28). The third kappa shape index (κ3) is 3.68. The summed E-state index contributed by atoms with van der Waals surface area (Å²) < 4.78 is 14.4. The van der Waals surface area contributed by atoms with E-state index in [1.54, 1.807) is 6.92 Å². The molecule has 1 saturated heterocycles. The minimum absolute atomic E-state index is 0.230. The Morgan fingerprint density at radius 2 is 2.10 bits per heavy atom. The largest absolute Gasteiger partial charge is 0.365 e. The van der Waals surface area contributed by atoms with E-state index in [-0.39, 0.29) is 7.92 Å². The fraction of sp³-hybridized carbons (Fsp3) is 0.409. The van der Waals surface area contributed by atoms with E-state index < -0.39 is 5.00 Å².